The van der Waals surface area contributed by atoms with Crippen LogP contribution in [0.5, 0.6) is 0 Å². The van der Waals surface area contributed by atoms with Crippen molar-refractivity contribution in [2.24, 2.45) is 5.92 Å². The summed E-state index contributed by atoms with van der Waals surface area (Å²) in [6.45, 7) is 6.67. The highest BCUT2D eigenvalue weighted by atomic mass is 32.1. The van der Waals surface area contributed by atoms with Gasteiger partial charge in [-0.3, -0.25) is 4.79 Å². The fourth-order valence-electron chi connectivity index (χ4n) is 3.69. The second-order valence-corrected chi connectivity index (χ2v) is 10.4. The van der Waals surface area contributed by atoms with Gasteiger partial charge in [0.2, 0.25) is 5.91 Å². The maximum atomic E-state index is 13.5. The third kappa shape index (κ3) is 8.12. The minimum absolute atomic E-state index is 0.0197. The van der Waals surface area contributed by atoms with Gasteiger partial charge in [0.25, 0.3) is 0 Å². The summed E-state index contributed by atoms with van der Waals surface area (Å²) in [6.07, 6.45) is -4.52. The molecule has 0 unspecified atom stereocenters. The molecule has 0 saturated carbocycles. The van der Waals surface area contributed by atoms with Crippen molar-refractivity contribution in [3.8, 4) is 0 Å². The minimum atomic E-state index is -4.52. The van der Waals surface area contributed by atoms with Crippen LogP contribution in [0.4, 0.5) is 23.7 Å². The Balaban J connectivity index is 1.78. The molecule has 192 valence electrons. The molecule has 2 aromatic carbocycles. The van der Waals surface area contributed by atoms with Crippen LogP contribution in [0.15, 0.2) is 66.7 Å². The quantitative estimate of drug-likeness (QED) is 0.340. The summed E-state index contributed by atoms with van der Waals surface area (Å²) in [4.78, 5) is 31.7. The number of hydrogen-bond acceptors (Lipinski definition) is 3. The van der Waals surface area contributed by atoms with Crippen LogP contribution in [0.25, 0.3) is 0 Å². The molecule has 0 fully saturated rings. The fourth-order valence-corrected chi connectivity index (χ4v) is 4.60. The summed E-state index contributed by atoms with van der Waals surface area (Å²) in [5.41, 5.74) is 0.126. The highest BCUT2D eigenvalue weighted by Gasteiger charge is 2.31. The summed E-state index contributed by atoms with van der Waals surface area (Å²) in [7, 11) is 0. The molecule has 0 radical (unpaired) electrons. The molecule has 5 nitrogen and oxygen atoms in total. The maximum absolute atomic E-state index is 13.5. The van der Waals surface area contributed by atoms with Gasteiger partial charge < -0.3 is 15.1 Å². The molecular weight excluding hydrogens is 487 g/mol. The van der Waals surface area contributed by atoms with Gasteiger partial charge in [-0.25, -0.2) is 4.79 Å². The van der Waals surface area contributed by atoms with E-state index in [1.807, 2.05) is 63.2 Å². The van der Waals surface area contributed by atoms with Gasteiger partial charge in [-0.1, -0.05) is 50.2 Å². The highest BCUT2D eigenvalue weighted by molar-refractivity contribution is 7.11. The number of amides is 3. The number of thiophene rings is 1. The SMILES string of the molecule is Cc1ccc(CN(Cc2ccccc2)C(=O)CN(CC(C)C)C(=O)Nc2cccc(C(F)(F)F)c2)s1. The number of urea groups is 1. The zero-order chi connectivity index (χ0) is 26.3. The second kappa shape index (κ2) is 12.1. The van der Waals surface area contributed by atoms with Crippen molar-refractivity contribution in [1.29, 1.82) is 0 Å². The van der Waals surface area contributed by atoms with Crippen LogP contribution >= 0.6 is 11.3 Å². The van der Waals surface area contributed by atoms with Crippen molar-refractivity contribution in [2.45, 2.75) is 40.0 Å². The first-order valence-electron chi connectivity index (χ1n) is 11.6. The first-order valence-corrected chi connectivity index (χ1v) is 12.4. The van der Waals surface area contributed by atoms with E-state index in [9.17, 15) is 22.8 Å². The molecule has 3 aromatic rings. The number of nitrogens with one attached hydrogen (secondary N) is 1. The highest BCUT2D eigenvalue weighted by Crippen LogP contribution is 2.30. The van der Waals surface area contributed by atoms with E-state index in [1.165, 1.54) is 17.0 Å². The smallest absolute Gasteiger partial charge is 0.332 e. The van der Waals surface area contributed by atoms with Gasteiger partial charge in [-0.15, -0.1) is 11.3 Å². The molecule has 0 aliphatic heterocycles. The molecule has 3 rings (SSSR count). The summed E-state index contributed by atoms with van der Waals surface area (Å²) in [6, 6.07) is 17.4. The average Bonchev–Trinajstić information content (AvgIpc) is 3.22. The normalized spacial score (nSPS) is 11.4. The Kier molecular flexibility index (Phi) is 9.14. The molecule has 0 atom stereocenters. The molecule has 1 heterocycles. The lowest BCUT2D eigenvalue weighted by Gasteiger charge is -2.29. The zero-order valence-electron chi connectivity index (χ0n) is 20.5. The Labute approximate surface area is 213 Å². The number of hydrogen-bond donors (Lipinski definition) is 1. The van der Waals surface area contributed by atoms with Crippen molar-refractivity contribution in [2.75, 3.05) is 18.4 Å². The summed E-state index contributed by atoms with van der Waals surface area (Å²) < 4.78 is 39.3. The van der Waals surface area contributed by atoms with E-state index in [2.05, 4.69) is 5.32 Å². The number of benzene rings is 2. The number of aryl methyl sites for hydroxylation is 1. The van der Waals surface area contributed by atoms with Crippen molar-refractivity contribution >= 4 is 29.0 Å². The number of rotatable bonds is 9. The topological polar surface area (TPSA) is 52.7 Å². The Morgan fingerprint density at radius 1 is 0.944 bits per heavy atom. The first-order chi connectivity index (χ1) is 17.0. The van der Waals surface area contributed by atoms with E-state index < -0.39 is 17.8 Å². The van der Waals surface area contributed by atoms with Crippen LogP contribution in [0.3, 0.4) is 0 Å². The van der Waals surface area contributed by atoms with E-state index in [0.29, 0.717) is 13.1 Å². The lowest BCUT2D eigenvalue weighted by Crippen LogP contribution is -2.45. The van der Waals surface area contributed by atoms with Crippen molar-refractivity contribution in [3.05, 3.63) is 87.6 Å². The third-order valence-electron chi connectivity index (χ3n) is 5.35. The molecule has 1 aromatic heterocycles. The summed E-state index contributed by atoms with van der Waals surface area (Å²) >= 11 is 1.61. The molecule has 0 saturated heterocycles. The van der Waals surface area contributed by atoms with E-state index in [0.717, 1.165) is 27.5 Å². The van der Waals surface area contributed by atoms with Crippen LogP contribution in [0.1, 0.15) is 34.7 Å². The van der Waals surface area contributed by atoms with Gasteiger partial charge >= 0.3 is 12.2 Å². The summed E-state index contributed by atoms with van der Waals surface area (Å²) in [5, 5.41) is 2.53. The number of anilines is 1. The summed E-state index contributed by atoms with van der Waals surface area (Å²) in [5.74, 6) is -0.197. The fraction of sp³-hybridized carbons (Fsp3) is 0.333. The molecular formula is C27H30F3N3O2S. The average molecular weight is 518 g/mol. The monoisotopic (exact) mass is 517 g/mol. The molecule has 0 aliphatic carbocycles. The van der Waals surface area contributed by atoms with Crippen LogP contribution < -0.4 is 5.32 Å². The largest absolute Gasteiger partial charge is 0.416 e. The van der Waals surface area contributed by atoms with Crippen LogP contribution in [-0.2, 0) is 24.1 Å². The molecule has 36 heavy (non-hydrogen) atoms. The minimum Gasteiger partial charge on any atom is -0.332 e. The van der Waals surface area contributed by atoms with Crippen LogP contribution in [0, 0.1) is 12.8 Å². The van der Waals surface area contributed by atoms with E-state index in [1.54, 1.807) is 16.2 Å². The van der Waals surface area contributed by atoms with E-state index in [-0.39, 0.29) is 30.6 Å². The van der Waals surface area contributed by atoms with Gasteiger partial charge in [0.15, 0.2) is 0 Å². The molecule has 1 N–H and O–H groups in total. The third-order valence-corrected chi connectivity index (χ3v) is 6.34. The Bertz CT molecular complexity index is 1160. The molecule has 0 spiro atoms. The number of carbonyl (C=O) groups excluding carboxylic acids is 2. The van der Waals surface area contributed by atoms with E-state index >= 15 is 0 Å². The van der Waals surface area contributed by atoms with Crippen molar-refractivity contribution < 1.29 is 22.8 Å². The zero-order valence-corrected chi connectivity index (χ0v) is 21.3. The van der Waals surface area contributed by atoms with Crippen LogP contribution in [0.2, 0.25) is 0 Å². The number of alkyl halides is 3. The first kappa shape index (κ1) is 27.3. The van der Waals surface area contributed by atoms with Gasteiger partial charge in [0, 0.05) is 28.5 Å². The maximum Gasteiger partial charge on any atom is 0.416 e. The second-order valence-electron chi connectivity index (χ2n) is 9.03. The lowest BCUT2D eigenvalue weighted by molar-refractivity contribution is -0.137. The lowest BCUT2D eigenvalue weighted by atomic mass is 10.2. The number of carbonyl (C=O) groups is 2. The van der Waals surface area contributed by atoms with Crippen molar-refractivity contribution in [3.63, 3.8) is 0 Å². The van der Waals surface area contributed by atoms with Gasteiger partial charge in [-0.05, 0) is 48.7 Å². The molecule has 3 amide bonds. The predicted molar refractivity (Wildman–Crippen MR) is 137 cm³/mol. The Morgan fingerprint density at radius 2 is 1.67 bits per heavy atom. The number of nitrogens with zero attached hydrogens (tertiary/aromatic N) is 2. The van der Waals surface area contributed by atoms with Gasteiger partial charge in [-0.2, -0.15) is 13.2 Å². The van der Waals surface area contributed by atoms with E-state index in [4.69, 9.17) is 0 Å². The predicted octanol–water partition coefficient (Wildman–Crippen LogP) is 6.79. The van der Waals surface area contributed by atoms with Crippen molar-refractivity contribution in [1.82, 2.24) is 9.80 Å². The number of halogens is 3. The van der Waals surface area contributed by atoms with Crippen LogP contribution in [-0.4, -0.2) is 34.8 Å². The molecule has 0 aliphatic rings. The molecule has 0 bridgehead atoms. The van der Waals surface area contributed by atoms with Gasteiger partial charge in [0.1, 0.15) is 6.54 Å². The Hall–Kier alpha value is -3.33. The van der Waals surface area contributed by atoms with Gasteiger partial charge in [0.05, 0.1) is 12.1 Å². The standard InChI is InChI=1S/C27H30F3N3O2S/c1-19(2)15-33(26(35)31-23-11-7-10-22(14-23)27(28,29)30)18-25(34)32(16-21-8-5-4-6-9-21)17-24-13-12-20(3)36-24/h4-14,19H,15-18H2,1-3H3,(H,31,35). The Morgan fingerprint density at radius 3 is 2.28 bits per heavy atom. The molecule has 9 heteroatoms.